The van der Waals surface area contributed by atoms with Crippen LogP contribution in [-0.2, 0) is 42.8 Å². The van der Waals surface area contributed by atoms with Gasteiger partial charge in [-0.15, -0.1) is 0 Å². The Morgan fingerprint density at radius 2 is 1.60 bits per heavy atom. The normalized spacial score (nSPS) is 25.8. The lowest BCUT2D eigenvalue weighted by Gasteiger charge is -2.30. The second-order valence-electron chi connectivity index (χ2n) is 6.67. The summed E-state index contributed by atoms with van der Waals surface area (Å²) in [5.74, 6) is -4.00. The zero-order valence-electron chi connectivity index (χ0n) is 16.9. The summed E-state index contributed by atoms with van der Waals surface area (Å²) >= 11 is 0. The molecular formula is C21H26O9. The van der Waals surface area contributed by atoms with E-state index in [-0.39, 0.29) is 38.6 Å². The van der Waals surface area contributed by atoms with Crippen molar-refractivity contribution in [3.63, 3.8) is 0 Å². The van der Waals surface area contributed by atoms with Crippen LogP contribution in [0, 0.1) is 11.8 Å². The van der Waals surface area contributed by atoms with Crippen molar-refractivity contribution in [1.29, 1.82) is 0 Å². The van der Waals surface area contributed by atoms with E-state index in [4.69, 9.17) is 28.4 Å². The molecule has 164 valence electrons. The van der Waals surface area contributed by atoms with E-state index in [1.54, 1.807) is 12.2 Å². The van der Waals surface area contributed by atoms with E-state index >= 15 is 0 Å². The summed E-state index contributed by atoms with van der Waals surface area (Å²) in [7, 11) is 0. The van der Waals surface area contributed by atoms with E-state index in [2.05, 4.69) is 19.7 Å². The highest BCUT2D eigenvalue weighted by Crippen LogP contribution is 2.48. The lowest BCUT2D eigenvalue weighted by molar-refractivity contribution is -0.165. The van der Waals surface area contributed by atoms with Crippen LogP contribution in [0.3, 0.4) is 0 Å². The molecule has 0 amide bonds. The number of fused-ring (bicyclic) bond motifs is 2. The molecule has 0 aromatic carbocycles. The average Bonchev–Trinajstić information content (AvgIpc) is 3.29. The van der Waals surface area contributed by atoms with Crippen LogP contribution in [0.25, 0.3) is 0 Å². The fourth-order valence-corrected chi connectivity index (χ4v) is 3.28. The molecule has 4 unspecified atom stereocenters. The zero-order valence-corrected chi connectivity index (χ0v) is 16.9. The third-order valence-corrected chi connectivity index (χ3v) is 4.59. The van der Waals surface area contributed by atoms with Crippen molar-refractivity contribution in [2.45, 2.75) is 18.6 Å². The van der Waals surface area contributed by atoms with Crippen molar-refractivity contribution < 1.29 is 42.8 Å². The number of carbonyl (C=O) groups is 3. The van der Waals surface area contributed by atoms with Gasteiger partial charge < -0.3 is 28.4 Å². The van der Waals surface area contributed by atoms with Crippen molar-refractivity contribution in [3.8, 4) is 0 Å². The first kappa shape index (κ1) is 23.2. The number of rotatable bonds is 13. The van der Waals surface area contributed by atoms with Gasteiger partial charge in [-0.25, -0.2) is 4.79 Å². The zero-order chi connectivity index (χ0) is 22.1. The molecule has 0 aromatic heterocycles. The number of ether oxygens (including phenoxy) is 6. The van der Waals surface area contributed by atoms with Crippen LogP contribution in [0.1, 0.15) is 6.92 Å². The Bertz CT molecular complexity index is 726. The van der Waals surface area contributed by atoms with Crippen LogP contribution in [0.2, 0.25) is 0 Å². The second kappa shape index (κ2) is 10.6. The molecule has 2 rings (SSSR count). The van der Waals surface area contributed by atoms with Gasteiger partial charge in [-0.1, -0.05) is 25.8 Å². The number of hydrogen-bond donors (Lipinski definition) is 0. The van der Waals surface area contributed by atoms with E-state index in [1.807, 2.05) is 0 Å². The first-order chi connectivity index (χ1) is 14.4. The number of hydrogen-bond acceptors (Lipinski definition) is 9. The predicted octanol–water partition coefficient (Wildman–Crippen LogP) is 1.45. The Hall–Kier alpha value is -3.07. The van der Waals surface area contributed by atoms with Crippen LogP contribution in [-0.4, -0.2) is 62.6 Å². The molecule has 0 N–H and O–H groups in total. The first-order valence-corrected chi connectivity index (χ1v) is 9.34. The molecule has 30 heavy (non-hydrogen) atoms. The molecule has 9 nitrogen and oxygen atoms in total. The highest BCUT2D eigenvalue weighted by atomic mass is 16.6. The quantitative estimate of drug-likeness (QED) is 0.109. The Labute approximate surface area is 174 Å². The van der Waals surface area contributed by atoms with Crippen molar-refractivity contribution in [1.82, 2.24) is 0 Å². The van der Waals surface area contributed by atoms with E-state index in [9.17, 15) is 14.4 Å². The minimum absolute atomic E-state index is 0.0234. The van der Waals surface area contributed by atoms with Gasteiger partial charge in [0.15, 0.2) is 0 Å². The van der Waals surface area contributed by atoms with Crippen LogP contribution in [0.4, 0.5) is 0 Å². The molecule has 2 heterocycles. The Morgan fingerprint density at radius 1 is 1.00 bits per heavy atom. The van der Waals surface area contributed by atoms with Gasteiger partial charge in [-0.2, -0.15) is 0 Å². The number of carbonyl (C=O) groups excluding carboxylic acids is 3. The van der Waals surface area contributed by atoms with Crippen LogP contribution < -0.4 is 0 Å². The molecule has 0 spiro atoms. The Morgan fingerprint density at radius 3 is 2.17 bits per heavy atom. The molecule has 1 fully saturated rings. The maximum absolute atomic E-state index is 12.9. The maximum atomic E-state index is 12.9. The summed E-state index contributed by atoms with van der Waals surface area (Å²) in [4.78, 5) is 37.4. The smallest absolute Gasteiger partial charge is 0.333 e. The fourth-order valence-electron chi connectivity index (χ4n) is 3.28. The molecule has 2 aliphatic heterocycles. The Balaban J connectivity index is 2.16. The van der Waals surface area contributed by atoms with Gasteiger partial charge >= 0.3 is 17.9 Å². The van der Waals surface area contributed by atoms with Gasteiger partial charge in [0.1, 0.15) is 50.5 Å². The summed E-state index contributed by atoms with van der Waals surface area (Å²) in [6.45, 7) is 11.7. The molecule has 2 aliphatic rings. The monoisotopic (exact) mass is 422 g/mol. The SMILES string of the molecule is C=COCCOC(=O)C1C2C=CC(COC(=O)C(=C)C)(O2)C1C(=O)OCCOC=C. The van der Waals surface area contributed by atoms with Crippen molar-refractivity contribution in [2.24, 2.45) is 11.8 Å². The number of esters is 3. The van der Waals surface area contributed by atoms with Gasteiger partial charge in [0.05, 0.1) is 18.6 Å². The van der Waals surface area contributed by atoms with E-state index in [0.29, 0.717) is 0 Å². The molecule has 0 aromatic rings. The highest BCUT2D eigenvalue weighted by molar-refractivity contribution is 5.88. The third-order valence-electron chi connectivity index (χ3n) is 4.59. The van der Waals surface area contributed by atoms with Crippen molar-refractivity contribution in [2.75, 3.05) is 33.0 Å². The summed E-state index contributed by atoms with van der Waals surface area (Å²) < 4.78 is 31.5. The molecule has 4 atom stereocenters. The average molecular weight is 422 g/mol. The summed E-state index contributed by atoms with van der Waals surface area (Å²) in [6.07, 6.45) is 4.99. The largest absolute Gasteiger partial charge is 0.498 e. The molecule has 1 saturated heterocycles. The highest BCUT2D eigenvalue weighted by Gasteiger charge is 2.63. The molecule has 0 radical (unpaired) electrons. The van der Waals surface area contributed by atoms with E-state index in [1.165, 1.54) is 19.4 Å². The summed E-state index contributed by atoms with van der Waals surface area (Å²) in [5, 5.41) is 0. The third kappa shape index (κ3) is 5.29. The van der Waals surface area contributed by atoms with Gasteiger partial charge in [-0.3, -0.25) is 9.59 Å². The lowest BCUT2D eigenvalue weighted by atomic mass is 9.75. The maximum Gasteiger partial charge on any atom is 0.333 e. The van der Waals surface area contributed by atoms with Crippen LogP contribution in [0.5, 0.6) is 0 Å². The van der Waals surface area contributed by atoms with Crippen molar-refractivity contribution >= 4 is 17.9 Å². The minimum atomic E-state index is -1.34. The van der Waals surface area contributed by atoms with Gasteiger partial charge in [0, 0.05) is 5.57 Å². The standard InChI is InChI=1S/C21H26O9/c1-5-25-9-11-27-19(23)16-15-7-8-21(30-15,13-29-18(22)14(3)4)17(16)20(24)28-12-10-26-6-2/h5-8,15-17H,1-3,9-13H2,4H3. The van der Waals surface area contributed by atoms with Gasteiger partial charge in [-0.05, 0) is 13.0 Å². The van der Waals surface area contributed by atoms with Gasteiger partial charge in [0.25, 0.3) is 0 Å². The van der Waals surface area contributed by atoms with Gasteiger partial charge in [0.2, 0.25) is 0 Å². The molecule has 9 heteroatoms. The topological polar surface area (TPSA) is 107 Å². The Kier molecular flexibility index (Phi) is 8.23. The summed E-state index contributed by atoms with van der Waals surface area (Å²) in [5.41, 5.74) is -1.14. The van der Waals surface area contributed by atoms with Crippen molar-refractivity contribution in [3.05, 3.63) is 50.0 Å². The summed E-state index contributed by atoms with van der Waals surface area (Å²) in [6, 6.07) is 0. The first-order valence-electron chi connectivity index (χ1n) is 9.34. The molecule has 2 bridgehead atoms. The van der Waals surface area contributed by atoms with E-state index < -0.39 is 41.4 Å². The predicted molar refractivity (Wildman–Crippen MR) is 104 cm³/mol. The minimum Gasteiger partial charge on any atom is -0.498 e. The van der Waals surface area contributed by atoms with E-state index in [0.717, 1.165) is 0 Å². The van der Waals surface area contributed by atoms with Crippen LogP contribution >= 0.6 is 0 Å². The molecular weight excluding hydrogens is 396 g/mol. The second-order valence-corrected chi connectivity index (χ2v) is 6.67. The molecule has 0 aliphatic carbocycles. The van der Waals surface area contributed by atoms with Crippen LogP contribution in [0.15, 0.2) is 50.0 Å². The fraction of sp³-hybridized carbons (Fsp3) is 0.476. The lowest BCUT2D eigenvalue weighted by Crippen LogP contribution is -2.48. The molecule has 0 saturated carbocycles.